The minimum atomic E-state index is -1.99. The van der Waals surface area contributed by atoms with Gasteiger partial charge < -0.3 is 13.6 Å². The number of hydrogen-bond acceptors (Lipinski definition) is 4. The van der Waals surface area contributed by atoms with Gasteiger partial charge in [-0.15, -0.1) is 0 Å². The molecule has 1 heterocycles. The van der Waals surface area contributed by atoms with Gasteiger partial charge in [0.2, 0.25) is 0 Å². The number of cyclic esters (lactones) is 1. The maximum absolute atomic E-state index is 12.3. The van der Waals surface area contributed by atoms with Gasteiger partial charge in [-0.2, -0.15) is 0 Å². The van der Waals surface area contributed by atoms with Crippen LogP contribution < -0.4 is 0 Å². The highest BCUT2D eigenvalue weighted by atomic mass is 28.4. The van der Waals surface area contributed by atoms with Crippen LogP contribution in [0, 0.1) is 0 Å². The zero-order chi connectivity index (χ0) is 24.0. The molecular formula is C25H43NO4Si2. The smallest absolute Gasteiger partial charge is 0.413 e. The number of nitrogens with zero attached hydrogens (tertiary/aromatic N) is 1. The number of hydrogen-bond donors (Lipinski definition) is 0. The van der Waals surface area contributed by atoms with Crippen LogP contribution in [0.15, 0.2) is 42.1 Å². The topological polar surface area (TPSA) is 48.0 Å². The van der Waals surface area contributed by atoms with E-state index in [9.17, 15) is 4.79 Å². The van der Waals surface area contributed by atoms with Crippen LogP contribution in [-0.4, -0.2) is 47.4 Å². The van der Waals surface area contributed by atoms with Crippen molar-refractivity contribution in [3.8, 4) is 0 Å². The molecule has 1 unspecified atom stereocenters. The highest BCUT2D eigenvalue weighted by Gasteiger charge is 2.39. The van der Waals surface area contributed by atoms with Crippen LogP contribution in [-0.2, 0) is 13.6 Å². The molecule has 0 saturated carbocycles. The summed E-state index contributed by atoms with van der Waals surface area (Å²) in [6.45, 7) is 19.4. The van der Waals surface area contributed by atoms with Crippen LogP contribution in [0.4, 0.5) is 4.79 Å². The zero-order valence-corrected chi connectivity index (χ0v) is 23.4. The van der Waals surface area contributed by atoms with Gasteiger partial charge in [0.05, 0.1) is 19.3 Å². The van der Waals surface area contributed by atoms with Crippen molar-refractivity contribution in [2.45, 2.75) is 83.9 Å². The first-order valence-corrected chi connectivity index (χ1v) is 17.4. The first-order chi connectivity index (χ1) is 15.0. The molecule has 1 fully saturated rings. The van der Waals surface area contributed by atoms with Crippen molar-refractivity contribution in [1.29, 1.82) is 0 Å². The highest BCUT2D eigenvalue weighted by Crippen LogP contribution is 2.39. The lowest BCUT2D eigenvalue weighted by molar-refractivity contribution is 0.164. The lowest BCUT2D eigenvalue weighted by atomic mass is 10.0. The molecule has 1 aliphatic rings. The van der Waals surface area contributed by atoms with Crippen molar-refractivity contribution in [3.63, 3.8) is 0 Å². The Morgan fingerprint density at radius 1 is 1.12 bits per heavy atom. The van der Waals surface area contributed by atoms with E-state index in [4.69, 9.17) is 13.6 Å². The van der Waals surface area contributed by atoms with Crippen molar-refractivity contribution in [1.82, 2.24) is 4.90 Å². The van der Waals surface area contributed by atoms with Crippen LogP contribution >= 0.6 is 0 Å². The van der Waals surface area contributed by atoms with E-state index in [0.29, 0.717) is 19.8 Å². The van der Waals surface area contributed by atoms with E-state index in [2.05, 4.69) is 78.9 Å². The van der Waals surface area contributed by atoms with Crippen LogP contribution in [0.2, 0.25) is 36.3 Å². The number of rotatable bonds is 11. The molecule has 0 aromatic heterocycles. The van der Waals surface area contributed by atoms with E-state index in [0.717, 1.165) is 29.3 Å². The van der Waals surface area contributed by atoms with Gasteiger partial charge in [0.15, 0.2) is 16.6 Å². The van der Waals surface area contributed by atoms with Crippen LogP contribution in [0.3, 0.4) is 0 Å². The number of carbonyl (C=O) groups excluding carboxylic acids is 1. The second kappa shape index (κ2) is 11.1. The molecular weight excluding hydrogens is 434 g/mol. The quantitative estimate of drug-likeness (QED) is 0.319. The van der Waals surface area contributed by atoms with Crippen LogP contribution in [0.5, 0.6) is 0 Å². The van der Waals surface area contributed by atoms with Gasteiger partial charge in [-0.25, -0.2) is 4.79 Å². The van der Waals surface area contributed by atoms with E-state index in [-0.39, 0.29) is 17.2 Å². The van der Waals surface area contributed by atoms with Gasteiger partial charge in [-0.05, 0) is 41.8 Å². The Labute approximate surface area is 197 Å². The zero-order valence-electron chi connectivity index (χ0n) is 21.4. The Balaban J connectivity index is 2.50. The number of amides is 1. The molecule has 1 aromatic carbocycles. The molecule has 2 rings (SSSR count). The van der Waals surface area contributed by atoms with Gasteiger partial charge in [0.1, 0.15) is 6.61 Å². The van der Waals surface area contributed by atoms with E-state index >= 15 is 0 Å². The van der Waals surface area contributed by atoms with Crippen molar-refractivity contribution >= 4 is 22.7 Å². The van der Waals surface area contributed by atoms with Crippen LogP contribution in [0.25, 0.3) is 0 Å². The van der Waals surface area contributed by atoms with Crippen molar-refractivity contribution in [2.24, 2.45) is 0 Å². The molecule has 32 heavy (non-hydrogen) atoms. The number of ether oxygens (including phenoxy) is 1. The van der Waals surface area contributed by atoms with E-state index in [1.807, 2.05) is 12.3 Å². The van der Waals surface area contributed by atoms with Gasteiger partial charge in [-0.1, -0.05) is 71.9 Å². The summed E-state index contributed by atoms with van der Waals surface area (Å²) in [6.07, 6.45) is 1.40. The molecule has 1 aliphatic heterocycles. The third-order valence-electron chi connectivity index (χ3n) is 7.26. The van der Waals surface area contributed by atoms with Gasteiger partial charge in [0, 0.05) is 11.8 Å². The molecule has 1 amide bonds. The molecule has 1 saturated heterocycles. The third kappa shape index (κ3) is 6.56. The monoisotopic (exact) mass is 477 g/mol. The summed E-state index contributed by atoms with van der Waals surface area (Å²) in [5.41, 5.74) is 2.10. The first-order valence-electron chi connectivity index (χ1n) is 12.0. The fourth-order valence-electron chi connectivity index (χ4n) is 3.62. The van der Waals surface area contributed by atoms with Gasteiger partial charge >= 0.3 is 6.09 Å². The fraction of sp³-hybridized carbons (Fsp3) is 0.640. The van der Waals surface area contributed by atoms with E-state index in [1.165, 1.54) is 0 Å². The Morgan fingerprint density at radius 3 is 2.19 bits per heavy atom. The summed E-state index contributed by atoms with van der Waals surface area (Å²) in [4.78, 5) is 13.9. The summed E-state index contributed by atoms with van der Waals surface area (Å²) in [7, 11) is -3.92. The van der Waals surface area contributed by atoms with Crippen LogP contribution in [0.1, 0.15) is 53.2 Å². The average molecular weight is 478 g/mol. The standard InChI is InChI=1S/C25H43NO4Si2/c1-9-32(10-2,11-3)30-23(21-15-13-12-14-16-21)22(19-26-17-18-28-24(26)27)20-29-31(7,8)25(4,5)6/h12-16,19,23H,9-11,17-18,20H2,1-8H3/b22-19+. The summed E-state index contributed by atoms with van der Waals surface area (Å²) in [5, 5.41) is 0.0998. The second-order valence-electron chi connectivity index (χ2n) is 10.2. The normalized spacial score (nSPS) is 16.9. The lowest BCUT2D eigenvalue weighted by Gasteiger charge is -2.39. The lowest BCUT2D eigenvalue weighted by Crippen LogP contribution is -2.42. The van der Waals surface area contributed by atoms with Crippen molar-refractivity contribution < 1.29 is 18.4 Å². The summed E-state index contributed by atoms with van der Waals surface area (Å²) >= 11 is 0. The highest BCUT2D eigenvalue weighted by molar-refractivity contribution is 6.74. The predicted molar refractivity (Wildman–Crippen MR) is 137 cm³/mol. The summed E-state index contributed by atoms with van der Waals surface area (Å²) < 4.78 is 18.9. The Kier molecular flexibility index (Phi) is 9.34. The van der Waals surface area contributed by atoms with E-state index in [1.54, 1.807) is 4.90 Å². The molecule has 0 spiro atoms. The Bertz CT molecular complexity index is 762. The maximum Gasteiger partial charge on any atom is 0.413 e. The minimum absolute atomic E-state index is 0.0998. The summed E-state index contributed by atoms with van der Waals surface area (Å²) in [5.74, 6) is 0. The summed E-state index contributed by atoms with van der Waals surface area (Å²) in [6, 6.07) is 13.5. The van der Waals surface area contributed by atoms with Crippen molar-refractivity contribution in [3.05, 3.63) is 47.7 Å². The number of benzene rings is 1. The largest absolute Gasteiger partial charge is 0.447 e. The number of carbonyl (C=O) groups is 1. The van der Waals surface area contributed by atoms with Gasteiger partial charge in [0.25, 0.3) is 0 Å². The first kappa shape index (κ1) is 26.8. The van der Waals surface area contributed by atoms with E-state index < -0.39 is 16.6 Å². The maximum atomic E-state index is 12.3. The fourth-order valence-corrected chi connectivity index (χ4v) is 7.37. The third-order valence-corrected chi connectivity index (χ3v) is 16.3. The SMILES string of the molecule is CC[Si](CC)(CC)OC(/C(=C/N1CCOC1=O)CO[Si](C)(C)C(C)(C)C)c1ccccc1. The molecule has 0 aliphatic carbocycles. The second-order valence-corrected chi connectivity index (χ2v) is 19.7. The molecule has 1 atom stereocenters. The molecule has 0 N–H and O–H groups in total. The molecule has 5 nitrogen and oxygen atoms in total. The molecule has 7 heteroatoms. The Morgan fingerprint density at radius 2 is 1.72 bits per heavy atom. The average Bonchev–Trinajstić information content (AvgIpc) is 3.17. The molecule has 1 aromatic rings. The van der Waals surface area contributed by atoms with Gasteiger partial charge in [-0.3, -0.25) is 4.90 Å². The Hall–Kier alpha value is -1.42. The molecule has 180 valence electrons. The minimum Gasteiger partial charge on any atom is -0.447 e. The molecule has 0 bridgehead atoms. The predicted octanol–water partition coefficient (Wildman–Crippen LogP) is 7.11. The van der Waals surface area contributed by atoms with Crippen molar-refractivity contribution in [2.75, 3.05) is 19.8 Å². The molecule has 0 radical (unpaired) electrons.